The molecule has 0 spiro atoms. The number of nitrogens with zero attached hydrogens (tertiary/aromatic N) is 1. The molecule has 1 fully saturated rings. The molecule has 1 aromatic rings. The first-order valence-electron chi connectivity index (χ1n) is 4.32. The van der Waals surface area contributed by atoms with Crippen molar-refractivity contribution in [1.29, 1.82) is 0 Å². The van der Waals surface area contributed by atoms with Crippen LogP contribution in [0.5, 0.6) is 0 Å². The quantitative estimate of drug-likeness (QED) is 0.679. The van der Waals surface area contributed by atoms with E-state index in [0.717, 1.165) is 18.8 Å². The van der Waals surface area contributed by atoms with E-state index in [9.17, 15) is 0 Å². The number of hydrogen-bond donors (Lipinski definition) is 2. The first kappa shape index (κ1) is 7.55. The van der Waals surface area contributed by atoms with Crippen molar-refractivity contribution in [1.82, 2.24) is 10.3 Å². The van der Waals surface area contributed by atoms with Crippen LogP contribution in [0.25, 0.3) is 0 Å². The van der Waals surface area contributed by atoms with Gasteiger partial charge in [-0.1, -0.05) is 0 Å². The predicted octanol–water partition coefficient (Wildman–Crippen LogP) is 0.855. The summed E-state index contributed by atoms with van der Waals surface area (Å²) in [6.07, 6.45) is 4.85. The average Bonchev–Trinajstić information content (AvgIpc) is 2.59. The van der Waals surface area contributed by atoms with Gasteiger partial charge in [0, 0.05) is 25.0 Å². The Morgan fingerprint density at radius 2 is 2.58 bits per heavy atom. The number of anilines is 1. The number of rotatable bonds is 2. The summed E-state index contributed by atoms with van der Waals surface area (Å²) in [5.41, 5.74) is 1.12. The van der Waals surface area contributed by atoms with Crippen molar-refractivity contribution in [2.75, 3.05) is 18.4 Å². The van der Waals surface area contributed by atoms with Crippen LogP contribution in [0.3, 0.4) is 0 Å². The van der Waals surface area contributed by atoms with Crippen molar-refractivity contribution in [2.24, 2.45) is 0 Å². The average molecular weight is 163 g/mol. The molecule has 12 heavy (non-hydrogen) atoms. The van der Waals surface area contributed by atoms with Gasteiger partial charge in [-0.2, -0.15) is 0 Å². The highest BCUT2D eigenvalue weighted by Gasteiger charge is 2.13. The third-order valence-electron chi connectivity index (χ3n) is 2.09. The van der Waals surface area contributed by atoms with Crippen molar-refractivity contribution in [2.45, 2.75) is 12.5 Å². The van der Waals surface area contributed by atoms with Gasteiger partial charge in [-0.05, 0) is 25.1 Å². The van der Waals surface area contributed by atoms with E-state index < -0.39 is 0 Å². The summed E-state index contributed by atoms with van der Waals surface area (Å²) in [4.78, 5) is 4.04. The van der Waals surface area contributed by atoms with Crippen LogP contribution in [0.15, 0.2) is 24.5 Å². The number of pyridine rings is 1. The van der Waals surface area contributed by atoms with Gasteiger partial charge in [0.15, 0.2) is 0 Å². The molecule has 0 aliphatic carbocycles. The fourth-order valence-electron chi connectivity index (χ4n) is 1.46. The second-order valence-electron chi connectivity index (χ2n) is 3.08. The van der Waals surface area contributed by atoms with E-state index >= 15 is 0 Å². The molecule has 1 saturated heterocycles. The third kappa shape index (κ3) is 1.74. The van der Waals surface area contributed by atoms with Crippen molar-refractivity contribution < 1.29 is 0 Å². The van der Waals surface area contributed by atoms with Gasteiger partial charge < -0.3 is 10.6 Å². The fraction of sp³-hybridized carbons (Fsp3) is 0.444. The Bertz CT molecular complexity index is 229. The lowest BCUT2D eigenvalue weighted by Gasteiger charge is -2.11. The van der Waals surface area contributed by atoms with Crippen LogP contribution in [0.4, 0.5) is 5.69 Å². The van der Waals surface area contributed by atoms with E-state index in [1.807, 2.05) is 18.3 Å². The summed E-state index contributed by atoms with van der Waals surface area (Å²) in [6, 6.07) is 4.57. The van der Waals surface area contributed by atoms with Gasteiger partial charge in [0.1, 0.15) is 0 Å². The maximum atomic E-state index is 4.04. The van der Waals surface area contributed by atoms with E-state index in [1.54, 1.807) is 6.20 Å². The molecule has 1 atom stereocenters. The van der Waals surface area contributed by atoms with Gasteiger partial charge in [0.25, 0.3) is 0 Å². The lowest BCUT2D eigenvalue weighted by Crippen LogP contribution is -2.21. The molecule has 3 heteroatoms. The normalized spacial score (nSPS) is 22.5. The summed E-state index contributed by atoms with van der Waals surface area (Å²) in [5, 5.41) is 6.73. The molecule has 1 aromatic heterocycles. The number of nitrogens with one attached hydrogen (secondary N) is 2. The van der Waals surface area contributed by atoms with Gasteiger partial charge >= 0.3 is 0 Å². The summed E-state index contributed by atoms with van der Waals surface area (Å²) in [7, 11) is 0. The Morgan fingerprint density at radius 1 is 1.58 bits per heavy atom. The van der Waals surface area contributed by atoms with Crippen LogP contribution < -0.4 is 10.6 Å². The largest absolute Gasteiger partial charge is 0.380 e. The molecular weight excluding hydrogens is 150 g/mol. The highest BCUT2D eigenvalue weighted by Crippen LogP contribution is 2.08. The van der Waals surface area contributed by atoms with E-state index in [-0.39, 0.29) is 0 Å². The Balaban J connectivity index is 1.94. The molecular formula is C9H13N3. The third-order valence-corrected chi connectivity index (χ3v) is 2.09. The summed E-state index contributed by atoms with van der Waals surface area (Å²) < 4.78 is 0. The van der Waals surface area contributed by atoms with E-state index in [0.29, 0.717) is 6.04 Å². The molecule has 1 aliphatic rings. The van der Waals surface area contributed by atoms with Crippen LogP contribution in [0, 0.1) is 0 Å². The zero-order valence-electron chi connectivity index (χ0n) is 6.96. The van der Waals surface area contributed by atoms with Gasteiger partial charge in [0.05, 0.1) is 5.69 Å². The lowest BCUT2D eigenvalue weighted by atomic mass is 10.2. The van der Waals surface area contributed by atoms with Gasteiger partial charge in [-0.15, -0.1) is 0 Å². The SMILES string of the molecule is c1cncc(N[C@@H]2CCNC2)c1. The minimum atomic E-state index is 0.578. The highest BCUT2D eigenvalue weighted by atomic mass is 15.0. The van der Waals surface area contributed by atoms with Crippen molar-refractivity contribution in [3.05, 3.63) is 24.5 Å². The van der Waals surface area contributed by atoms with Crippen molar-refractivity contribution >= 4 is 5.69 Å². The van der Waals surface area contributed by atoms with Crippen LogP contribution in [-0.4, -0.2) is 24.1 Å². The maximum Gasteiger partial charge on any atom is 0.0529 e. The smallest absolute Gasteiger partial charge is 0.0529 e. The number of hydrogen-bond acceptors (Lipinski definition) is 3. The summed E-state index contributed by atoms with van der Waals surface area (Å²) in [5.74, 6) is 0. The zero-order chi connectivity index (χ0) is 8.23. The van der Waals surface area contributed by atoms with Gasteiger partial charge in [0.2, 0.25) is 0 Å². The molecule has 0 bridgehead atoms. The molecule has 3 nitrogen and oxygen atoms in total. The molecule has 2 heterocycles. The molecule has 2 N–H and O–H groups in total. The fourth-order valence-corrected chi connectivity index (χ4v) is 1.46. The topological polar surface area (TPSA) is 37.0 Å². The predicted molar refractivity (Wildman–Crippen MR) is 49.1 cm³/mol. The number of aromatic nitrogens is 1. The Hall–Kier alpha value is -1.09. The lowest BCUT2D eigenvalue weighted by molar-refractivity contribution is 0.792. The minimum Gasteiger partial charge on any atom is -0.380 e. The Labute approximate surface area is 72.2 Å². The molecule has 1 aliphatic heterocycles. The molecule has 2 rings (SSSR count). The van der Waals surface area contributed by atoms with E-state index in [2.05, 4.69) is 15.6 Å². The highest BCUT2D eigenvalue weighted by molar-refractivity contribution is 5.41. The first-order chi connectivity index (χ1) is 5.95. The van der Waals surface area contributed by atoms with Gasteiger partial charge in [-0.3, -0.25) is 4.98 Å². The monoisotopic (exact) mass is 163 g/mol. The Morgan fingerprint density at radius 3 is 3.25 bits per heavy atom. The zero-order valence-corrected chi connectivity index (χ0v) is 6.96. The molecule has 64 valence electrons. The first-order valence-corrected chi connectivity index (χ1v) is 4.32. The molecule has 0 unspecified atom stereocenters. The van der Waals surface area contributed by atoms with E-state index in [4.69, 9.17) is 0 Å². The second kappa shape index (κ2) is 3.54. The van der Waals surface area contributed by atoms with Crippen LogP contribution in [-0.2, 0) is 0 Å². The molecule has 0 aromatic carbocycles. The summed E-state index contributed by atoms with van der Waals surface area (Å²) in [6.45, 7) is 2.19. The van der Waals surface area contributed by atoms with E-state index in [1.165, 1.54) is 6.42 Å². The molecule has 0 saturated carbocycles. The second-order valence-corrected chi connectivity index (χ2v) is 3.08. The van der Waals surface area contributed by atoms with Crippen LogP contribution in [0.1, 0.15) is 6.42 Å². The van der Waals surface area contributed by atoms with Crippen molar-refractivity contribution in [3.8, 4) is 0 Å². The summed E-state index contributed by atoms with van der Waals surface area (Å²) >= 11 is 0. The molecule has 0 amide bonds. The minimum absolute atomic E-state index is 0.578. The van der Waals surface area contributed by atoms with Crippen molar-refractivity contribution in [3.63, 3.8) is 0 Å². The van der Waals surface area contributed by atoms with Gasteiger partial charge in [-0.25, -0.2) is 0 Å². The molecule has 0 radical (unpaired) electrons. The van der Waals surface area contributed by atoms with Crippen LogP contribution in [0.2, 0.25) is 0 Å². The Kier molecular flexibility index (Phi) is 2.23. The standard InChI is InChI=1S/C9H13N3/c1-2-8(6-10-4-1)12-9-3-5-11-7-9/h1-2,4,6,9,11-12H,3,5,7H2/t9-/m1/s1. The maximum absolute atomic E-state index is 4.04. The van der Waals surface area contributed by atoms with Crippen LogP contribution >= 0.6 is 0 Å².